The summed E-state index contributed by atoms with van der Waals surface area (Å²) in [6.45, 7) is 4.37. The molecule has 0 saturated carbocycles. The molecule has 1 saturated heterocycles. The van der Waals surface area contributed by atoms with Crippen LogP contribution in [-0.4, -0.2) is 34.6 Å². The Labute approximate surface area is 92.9 Å². The number of alkyl halides is 1. The van der Waals surface area contributed by atoms with Crippen LogP contribution in [0, 0.1) is 0 Å². The molecule has 1 rings (SSSR count). The van der Waals surface area contributed by atoms with Gasteiger partial charge in [-0.25, -0.2) is 4.79 Å². The number of rotatable bonds is 3. The van der Waals surface area contributed by atoms with Crippen molar-refractivity contribution in [2.75, 3.05) is 19.7 Å². The highest BCUT2D eigenvalue weighted by molar-refractivity contribution is 14.1. The first-order valence-corrected chi connectivity index (χ1v) is 6.04. The van der Waals surface area contributed by atoms with E-state index in [9.17, 15) is 4.79 Å². The Bertz CT molecular complexity index is 175. The van der Waals surface area contributed by atoms with Gasteiger partial charge in [0.2, 0.25) is 0 Å². The number of unbranched alkanes of at least 4 members (excludes halogenated alkanes) is 1. The highest BCUT2D eigenvalue weighted by Crippen LogP contribution is 2.17. The van der Waals surface area contributed by atoms with Crippen LogP contribution >= 0.6 is 22.6 Å². The highest BCUT2D eigenvalue weighted by Gasteiger charge is 2.24. The van der Waals surface area contributed by atoms with Crippen LogP contribution in [0.2, 0.25) is 0 Å². The van der Waals surface area contributed by atoms with E-state index in [0.717, 1.165) is 32.4 Å². The molecule has 0 aromatic heterocycles. The Hall–Kier alpha value is 0. The highest BCUT2D eigenvalue weighted by atomic mass is 127. The number of halogens is 1. The fourth-order valence-electron chi connectivity index (χ4n) is 1.28. The maximum Gasteiger partial charge on any atom is 0.409 e. The van der Waals surface area contributed by atoms with E-state index in [1.807, 2.05) is 0 Å². The zero-order valence-corrected chi connectivity index (χ0v) is 10.1. The quantitative estimate of drug-likeness (QED) is 0.455. The number of carbonyl (C=O) groups excluding carboxylic acids is 1. The second kappa shape index (κ2) is 5.67. The minimum atomic E-state index is -0.132. The van der Waals surface area contributed by atoms with Gasteiger partial charge in [-0.3, -0.25) is 0 Å². The Morgan fingerprint density at radius 3 is 3.00 bits per heavy atom. The van der Waals surface area contributed by atoms with E-state index in [1.54, 1.807) is 4.90 Å². The first kappa shape index (κ1) is 11.1. The zero-order valence-electron chi connectivity index (χ0n) is 7.96. The van der Waals surface area contributed by atoms with Crippen LogP contribution in [0.1, 0.15) is 26.2 Å². The number of likely N-dealkylation sites (tertiary alicyclic amines) is 1. The molecule has 13 heavy (non-hydrogen) atoms. The van der Waals surface area contributed by atoms with Crippen LogP contribution in [0.3, 0.4) is 0 Å². The van der Waals surface area contributed by atoms with Crippen molar-refractivity contribution in [1.29, 1.82) is 0 Å². The molecule has 0 spiro atoms. The van der Waals surface area contributed by atoms with Crippen LogP contribution < -0.4 is 0 Å². The lowest BCUT2D eigenvalue weighted by molar-refractivity contribution is 0.109. The van der Waals surface area contributed by atoms with Gasteiger partial charge in [-0.2, -0.15) is 0 Å². The Balaban J connectivity index is 2.16. The summed E-state index contributed by atoms with van der Waals surface area (Å²) in [5, 5.41) is 0. The van der Waals surface area contributed by atoms with Crippen LogP contribution in [0.25, 0.3) is 0 Å². The minimum absolute atomic E-state index is 0.132. The zero-order chi connectivity index (χ0) is 9.68. The molecule has 1 atom stereocenters. The third kappa shape index (κ3) is 3.70. The molecule has 1 amide bonds. The third-order valence-corrected chi connectivity index (χ3v) is 3.13. The normalized spacial score (nSPS) is 22.0. The Kier molecular flexibility index (Phi) is 4.83. The molecule has 0 aliphatic carbocycles. The largest absolute Gasteiger partial charge is 0.449 e. The maximum atomic E-state index is 11.4. The summed E-state index contributed by atoms with van der Waals surface area (Å²) in [4.78, 5) is 13.2. The van der Waals surface area contributed by atoms with Crippen LogP contribution in [-0.2, 0) is 4.74 Å². The molecule has 76 valence electrons. The average molecular weight is 297 g/mol. The van der Waals surface area contributed by atoms with E-state index >= 15 is 0 Å². The van der Waals surface area contributed by atoms with Gasteiger partial charge >= 0.3 is 6.09 Å². The first-order valence-electron chi connectivity index (χ1n) is 4.79. The van der Waals surface area contributed by atoms with Crippen molar-refractivity contribution < 1.29 is 9.53 Å². The van der Waals surface area contributed by atoms with Gasteiger partial charge in [-0.1, -0.05) is 35.9 Å². The fourth-order valence-corrected chi connectivity index (χ4v) is 2.03. The van der Waals surface area contributed by atoms with Crippen LogP contribution in [0.15, 0.2) is 0 Å². The fraction of sp³-hybridized carbons (Fsp3) is 0.889. The SMILES string of the molecule is CCCCOC(=O)N1CCC(I)C1. The molecule has 1 heterocycles. The van der Waals surface area contributed by atoms with Crippen molar-refractivity contribution >= 4 is 28.7 Å². The molecular weight excluding hydrogens is 281 g/mol. The van der Waals surface area contributed by atoms with Gasteiger partial charge in [0.1, 0.15) is 0 Å². The van der Waals surface area contributed by atoms with E-state index < -0.39 is 0 Å². The monoisotopic (exact) mass is 297 g/mol. The summed E-state index contributed by atoms with van der Waals surface area (Å²) < 4.78 is 5.71. The number of hydrogen-bond acceptors (Lipinski definition) is 2. The number of amides is 1. The van der Waals surface area contributed by atoms with Crippen molar-refractivity contribution in [3.8, 4) is 0 Å². The van der Waals surface area contributed by atoms with Gasteiger partial charge in [0, 0.05) is 17.0 Å². The second-order valence-corrected chi connectivity index (χ2v) is 5.06. The van der Waals surface area contributed by atoms with E-state index in [-0.39, 0.29) is 6.09 Å². The molecule has 4 heteroatoms. The van der Waals surface area contributed by atoms with Gasteiger partial charge in [-0.05, 0) is 12.8 Å². The van der Waals surface area contributed by atoms with Crippen molar-refractivity contribution in [1.82, 2.24) is 4.90 Å². The number of carbonyl (C=O) groups is 1. The summed E-state index contributed by atoms with van der Waals surface area (Å²) in [6, 6.07) is 0. The molecule has 1 unspecified atom stereocenters. The van der Waals surface area contributed by atoms with Crippen LogP contribution in [0.4, 0.5) is 4.79 Å². The predicted molar refractivity (Wildman–Crippen MR) is 60.3 cm³/mol. The average Bonchev–Trinajstić information content (AvgIpc) is 2.52. The standard InChI is InChI=1S/C9H16INO2/c1-2-3-6-13-9(12)11-5-4-8(10)7-11/h8H,2-7H2,1H3. The summed E-state index contributed by atoms with van der Waals surface area (Å²) in [5.74, 6) is 0. The second-order valence-electron chi connectivity index (χ2n) is 3.30. The molecule has 0 bridgehead atoms. The minimum Gasteiger partial charge on any atom is -0.449 e. The van der Waals surface area contributed by atoms with E-state index in [0.29, 0.717) is 10.5 Å². The lowest BCUT2D eigenvalue weighted by Gasteiger charge is -2.14. The number of nitrogens with zero attached hydrogens (tertiary/aromatic N) is 1. The molecule has 0 N–H and O–H groups in total. The predicted octanol–water partition coefficient (Wildman–Crippen LogP) is 2.43. The smallest absolute Gasteiger partial charge is 0.409 e. The topological polar surface area (TPSA) is 29.5 Å². The molecule has 0 radical (unpaired) electrons. The summed E-state index contributed by atoms with van der Waals surface area (Å²) in [7, 11) is 0. The van der Waals surface area contributed by atoms with Gasteiger partial charge < -0.3 is 9.64 Å². The molecule has 1 aliphatic heterocycles. The number of hydrogen-bond donors (Lipinski definition) is 0. The molecular formula is C9H16INO2. The van der Waals surface area contributed by atoms with Crippen molar-refractivity contribution in [2.24, 2.45) is 0 Å². The summed E-state index contributed by atoms with van der Waals surface area (Å²) in [6.07, 6.45) is 3.01. The van der Waals surface area contributed by atoms with Gasteiger partial charge in [0.15, 0.2) is 0 Å². The lowest BCUT2D eigenvalue weighted by Crippen LogP contribution is -2.29. The lowest BCUT2D eigenvalue weighted by atomic mass is 10.4. The van der Waals surface area contributed by atoms with Gasteiger partial charge in [-0.15, -0.1) is 0 Å². The van der Waals surface area contributed by atoms with Gasteiger partial charge in [0.05, 0.1) is 6.61 Å². The van der Waals surface area contributed by atoms with Gasteiger partial charge in [0.25, 0.3) is 0 Å². The van der Waals surface area contributed by atoms with Crippen molar-refractivity contribution in [2.45, 2.75) is 30.1 Å². The number of ether oxygens (including phenoxy) is 1. The Morgan fingerprint density at radius 1 is 1.69 bits per heavy atom. The maximum absolute atomic E-state index is 11.4. The molecule has 0 aromatic rings. The molecule has 1 fully saturated rings. The molecule has 1 aliphatic rings. The van der Waals surface area contributed by atoms with Crippen molar-refractivity contribution in [3.63, 3.8) is 0 Å². The van der Waals surface area contributed by atoms with E-state index in [1.165, 1.54) is 0 Å². The Morgan fingerprint density at radius 2 is 2.46 bits per heavy atom. The molecule has 0 aromatic carbocycles. The summed E-state index contributed by atoms with van der Waals surface area (Å²) >= 11 is 2.38. The third-order valence-electron chi connectivity index (χ3n) is 2.11. The van der Waals surface area contributed by atoms with E-state index in [4.69, 9.17) is 4.74 Å². The summed E-state index contributed by atoms with van der Waals surface area (Å²) in [5.41, 5.74) is 0. The first-order chi connectivity index (χ1) is 6.24. The van der Waals surface area contributed by atoms with E-state index in [2.05, 4.69) is 29.5 Å². The van der Waals surface area contributed by atoms with Crippen LogP contribution in [0.5, 0.6) is 0 Å². The molecule has 3 nitrogen and oxygen atoms in total. The van der Waals surface area contributed by atoms with Crippen molar-refractivity contribution in [3.05, 3.63) is 0 Å².